The van der Waals surface area contributed by atoms with Gasteiger partial charge in [-0.2, -0.15) is 0 Å². The number of hydrogen-bond acceptors (Lipinski definition) is 2. The van der Waals surface area contributed by atoms with Gasteiger partial charge in [-0.3, -0.25) is 0 Å². The van der Waals surface area contributed by atoms with Crippen LogP contribution in [0.2, 0.25) is 5.02 Å². The molecule has 0 heterocycles. The summed E-state index contributed by atoms with van der Waals surface area (Å²) < 4.78 is 5.89. The second-order valence-electron chi connectivity index (χ2n) is 5.11. The first kappa shape index (κ1) is 15.9. The molecule has 0 radical (unpaired) electrons. The van der Waals surface area contributed by atoms with Gasteiger partial charge in [0.2, 0.25) is 0 Å². The maximum atomic E-state index is 6.07. The van der Waals surface area contributed by atoms with Gasteiger partial charge in [0.1, 0.15) is 5.75 Å². The predicted molar refractivity (Wildman–Crippen MR) is 89.3 cm³/mol. The van der Waals surface area contributed by atoms with Crippen LogP contribution < -0.4 is 10.1 Å². The van der Waals surface area contributed by atoms with Gasteiger partial charge in [-0.05, 0) is 49.7 Å². The van der Waals surface area contributed by atoms with E-state index in [2.05, 4.69) is 31.3 Å². The summed E-state index contributed by atoms with van der Waals surface area (Å²) in [4.78, 5) is 0. The third-order valence-corrected chi connectivity index (χ3v) is 3.76. The zero-order chi connectivity index (χ0) is 15.2. The fourth-order valence-electron chi connectivity index (χ4n) is 2.50. The summed E-state index contributed by atoms with van der Waals surface area (Å²) >= 11 is 6.07. The van der Waals surface area contributed by atoms with E-state index in [0.29, 0.717) is 0 Å². The molecular weight excluding hydrogens is 282 g/mol. The van der Waals surface area contributed by atoms with Crippen LogP contribution in [0.1, 0.15) is 36.1 Å². The maximum Gasteiger partial charge on any atom is 0.124 e. The molecule has 0 saturated heterocycles. The van der Waals surface area contributed by atoms with Gasteiger partial charge in [0.05, 0.1) is 12.6 Å². The van der Waals surface area contributed by atoms with E-state index in [9.17, 15) is 0 Å². The molecule has 2 aromatic carbocycles. The highest BCUT2D eigenvalue weighted by Gasteiger charge is 2.18. The van der Waals surface area contributed by atoms with Gasteiger partial charge in [-0.25, -0.2) is 0 Å². The summed E-state index contributed by atoms with van der Waals surface area (Å²) in [6.45, 7) is 4.93. The fraction of sp³-hybridized carbons (Fsp3) is 0.333. The second kappa shape index (κ2) is 7.48. The SMILES string of the molecule is CCCOc1ccccc1C(NC)c1ccc(Cl)cc1C. The standard InChI is InChI=1S/C18H22ClNO/c1-4-11-21-17-8-6-5-7-16(17)18(20-3)15-10-9-14(19)12-13(15)2/h5-10,12,18,20H,4,11H2,1-3H3. The molecule has 2 nitrogen and oxygen atoms in total. The minimum Gasteiger partial charge on any atom is -0.493 e. The largest absolute Gasteiger partial charge is 0.493 e. The van der Waals surface area contributed by atoms with Gasteiger partial charge < -0.3 is 10.1 Å². The highest BCUT2D eigenvalue weighted by atomic mass is 35.5. The van der Waals surface area contributed by atoms with Gasteiger partial charge in [0.25, 0.3) is 0 Å². The number of halogens is 1. The molecule has 3 heteroatoms. The van der Waals surface area contributed by atoms with Crippen molar-refractivity contribution in [3.8, 4) is 5.75 Å². The molecule has 0 aliphatic heterocycles. The normalized spacial score (nSPS) is 12.2. The summed E-state index contributed by atoms with van der Waals surface area (Å²) in [5, 5.41) is 4.15. The van der Waals surface area contributed by atoms with Gasteiger partial charge in [-0.1, -0.05) is 42.8 Å². The zero-order valence-electron chi connectivity index (χ0n) is 12.8. The summed E-state index contributed by atoms with van der Waals surface area (Å²) in [5.74, 6) is 0.938. The molecule has 0 bridgehead atoms. The van der Waals surface area contributed by atoms with Crippen molar-refractivity contribution in [1.82, 2.24) is 5.32 Å². The van der Waals surface area contributed by atoms with Crippen molar-refractivity contribution in [2.24, 2.45) is 0 Å². The Balaban J connectivity index is 2.41. The second-order valence-corrected chi connectivity index (χ2v) is 5.55. The molecule has 2 aromatic rings. The third kappa shape index (κ3) is 3.78. The molecule has 0 spiro atoms. The van der Waals surface area contributed by atoms with Crippen LogP contribution in [-0.4, -0.2) is 13.7 Å². The van der Waals surface area contributed by atoms with Crippen molar-refractivity contribution in [2.75, 3.05) is 13.7 Å². The zero-order valence-corrected chi connectivity index (χ0v) is 13.6. The molecule has 0 fully saturated rings. The Morgan fingerprint density at radius 2 is 1.90 bits per heavy atom. The van der Waals surface area contributed by atoms with Crippen molar-refractivity contribution in [3.05, 3.63) is 64.2 Å². The van der Waals surface area contributed by atoms with Crippen LogP contribution in [0.5, 0.6) is 5.75 Å². The van der Waals surface area contributed by atoms with Gasteiger partial charge in [-0.15, -0.1) is 0 Å². The molecule has 1 unspecified atom stereocenters. The molecule has 0 amide bonds. The molecule has 2 rings (SSSR count). The molecule has 1 atom stereocenters. The van der Waals surface area contributed by atoms with Crippen molar-refractivity contribution < 1.29 is 4.74 Å². The van der Waals surface area contributed by atoms with E-state index in [1.54, 1.807) is 0 Å². The number of para-hydroxylation sites is 1. The highest BCUT2D eigenvalue weighted by molar-refractivity contribution is 6.30. The number of rotatable bonds is 6. The summed E-state index contributed by atoms with van der Waals surface area (Å²) in [6.07, 6.45) is 0.999. The Kier molecular flexibility index (Phi) is 5.66. The lowest BCUT2D eigenvalue weighted by atomic mass is 9.94. The van der Waals surface area contributed by atoms with E-state index in [1.165, 1.54) is 11.1 Å². The number of nitrogens with one attached hydrogen (secondary N) is 1. The molecular formula is C18H22ClNO. The average Bonchev–Trinajstić information content (AvgIpc) is 2.49. The summed E-state index contributed by atoms with van der Waals surface area (Å²) in [7, 11) is 1.97. The molecule has 0 aliphatic rings. The van der Waals surface area contributed by atoms with Crippen LogP contribution >= 0.6 is 11.6 Å². The predicted octanol–water partition coefficient (Wildman–Crippen LogP) is 4.75. The van der Waals surface area contributed by atoms with Gasteiger partial charge in [0.15, 0.2) is 0 Å². The molecule has 0 saturated carbocycles. The van der Waals surface area contributed by atoms with Crippen LogP contribution in [0, 0.1) is 6.92 Å². The van der Waals surface area contributed by atoms with E-state index in [-0.39, 0.29) is 6.04 Å². The van der Waals surface area contributed by atoms with Crippen LogP contribution in [0.15, 0.2) is 42.5 Å². The van der Waals surface area contributed by atoms with Crippen LogP contribution in [0.3, 0.4) is 0 Å². The average molecular weight is 304 g/mol. The molecule has 112 valence electrons. The lowest BCUT2D eigenvalue weighted by molar-refractivity contribution is 0.312. The van der Waals surface area contributed by atoms with Crippen LogP contribution in [0.4, 0.5) is 0 Å². The molecule has 21 heavy (non-hydrogen) atoms. The van der Waals surface area contributed by atoms with E-state index in [0.717, 1.165) is 29.4 Å². The molecule has 1 N–H and O–H groups in total. The first-order chi connectivity index (χ1) is 10.2. The Labute approximate surface area is 132 Å². The maximum absolute atomic E-state index is 6.07. The summed E-state index contributed by atoms with van der Waals surface area (Å²) in [5.41, 5.74) is 3.54. The van der Waals surface area contributed by atoms with Gasteiger partial charge in [0, 0.05) is 10.6 Å². The third-order valence-electron chi connectivity index (χ3n) is 3.52. The van der Waals surface area contributed by atoms with Crippen molar-refractivity contribution in [1.29, 1.82) is 0 Å². The van der Waals surface area contributed by atoms with E-state index >= 15 is 0 Å². The smallest absolute Gasteiger partial charge is 0.124 e. The number of hydrogen-bond donors (Lipinski definition) is 1. The summed E-state index contributed by atoms with van der Waals surface area (Å²) in [6, 6.07) is 14.3. The highest BCUT2D eigenvalue weighted by Crippen LogP contribution is 2.32. The van der Waals surface area contributed by atoms with Crippen LogP contribution in [-0.2, 0) is 0 Å². The molecule has 0 aliphatic carbocycles. The van der Waals surface area contributed by atoms with Crippen molar-refractivity contribution >= 4 is 11.6 Å². The molecule has 0 aromatic heterocycles. The Morgan fingerprint density at radius 1 is 1.14 bits per heavy atom. The lowest BCUT2D eigenvalue weighted by Crippen LogP contribution is -2.19. The number of benzene rings is 2. The van der Waals surface area contributed by atoms with E-state index < -0.39 is 0 Å². The van der Waals surface area contributed by atoms with Crippen molar-refractivity contribution in [2.45, 2.75) is 26.3 Å². The first-order valence-electron chi connectivity index (χ1n) is 7.32. The Hall–Kier alpha value is -1.51. The Bertz CT molecular complexity index is 598. The number of ether oxygens (including phenoxy) is 1. The lowest BCUT2D eigenvalue weighted by Gasteiger charge is -2.22. The quantitative estimate of drug-likeness (QED) is 0.832. The van der Waals surface area contributed by atoms with E-state index in [4.69, 9.17) is 16.3 Å². The topological polar surface area (TPSA) is 21.3 Å². The van der Waals surface area contributed by atoms with Gasteiger partial charge >= 0.3 is 0 Å². The fourth-order valence-corrected chi connectivity index (χ4v) is 2.73. The van der Waals surface area contributed by atoms with Crippen LogP contribution in [0.25, 0.3) is 0 Å². The van der Waals surface area contributed by atoms with E-state index in [1.807, 2.05) is 37.4 Å². The van der Waals surface area contributed by atoms with Crippen molar-refractivity contribution in [3.63, 3.8) is 0 Å². The first-order valence-corrected chi connectivity index (χ1v) is 7.70. The number of aryl methyl sites for hydroxylation is 1. The Morgan fingerprint density at radius 3 is 2.57 bits per heavy atom. The minimum atomic E-state index is 0.0929. The monoisotopic (exact) mass is 303 g/mol. The minimum absolute atomic E-state index is 0.0929.